The molecule has 0 bridgehead atoms. The fraction of sp³-hybridized carbons (Fsp3) is 0.400. The molecule has 4 nitrogen and oxygen atoms in total. The summed E-state index contributed by atoms with van der Waals surface area (Å²) in [6, 6.07) is 3.96. The second kappa shape index (κ2) is 4.55. The molecule has 0 aliphatic heterocycles. The Kier molecular flexibility index (Phi) is 3.13. The number of aromatic nitrogens is 2. The average Bonchev–Trinajstić information content (AvgIpc) is 2.86. The van der Waals surface area contributed by atoms with Crippen LogP contribution in [0.4, 0.5) is 0 Å². The molecule has 0 aliphatic rings. The lowest BCUT2D eigenvalue weighted by atomic mass is 10.3. The van der Waals surface area contributed by atoms with Gasteiger partial charge in [-0.3, -0.25) is 0 Å². The van der Waals surface area contributed by atoms with Crippen molar-refractivity contribution < 1.29 is 4.42 Å². The van der Waals surface area contributed by atoms with Crippen LogP contribution in [-0.2, 0) is 12.8 Å². The first-order valence-corrected chi connectivity index (χ1v) is 5.74. The Morgan fingerprint density at radius 1 is 1.47 bits per heavy atom. The Morgan fingerprint density at radius 3 is 2.93 bits per heavy atom. The van der Waals surface area contributed by atoms with Gasteiger partial charge in [-0.2, -0.15) is 0 Å². The quantitative estimate of drug-likeness (QED) is 0.860. The van der Waals surface area contributed by atoms with Gasteiger partial charge < -0.3 is 10.2 Å². The van der Waals surface area contributed by atoms with E-state index in [0.717, 1.165) is 12.8 Å². The van der Waals surface area contributed by atoms with Gasteiger partial charge in [0.2, 0.25) is 11.8 Å². The molecule has 1 unspecified atom stereocenters. The maximum atomic E-state index is 5.62. The normalized spacial score (nSPS) is 12.9. The topological polar surface area (TPSA) is 64.9 Å². The van der Waals surface area contributed by atoms with Crippen LogP contribution in [0.25, 0.3) is 0 Å². The smallest absolute Gasteiger partial charge is 0.232 e. The molecule has 2 N–H and O–H groups in total. The van der Waals surface area contributed by atoms with Crippen LogP contribution in [0.5, 0.6) is 0 Å². The molecular formula is C10H13N3OS. The van der Waals surface area contributed by atoms with Gasteiger partial charge in [0, 0.05) is 11.3 Å². The Balaban J connectivity index is 1.94. The number of nitrogens with zero attached hydrogens (tertiary/aromatic N) is 2. The highest BCUT2D eigenvalue weighted by Crippen LogP contribution is 2.13. The monoisotopic (exact) mass is 223 g/mol. The number of aryl methyl sites for hydroxylation is 2. The van der Waals surface area contributed by atoms with Crippen LogP contribution in [0.3, 0.4) is 0 Å². The molecule has 0 fully saturated rings. The zero-order chi connectivity index (χ0) is 10.7. The molecule has 0 aliphatic carbocycles. The third-order valence-corrected chi connectivity index (χ3v) is 2.97. The molecule has 2 heterocycles. The number of thiophene rings is 1. The van der Waals surface area contributed by atoms with Crippen LogP contribution in [0, 0.1) is 0 Å². The summed E-state index contributed by atoms with van der Waals surface area (Å²) >= 11 is 1.74. The maximum absolute atomic E-state index is 5.62. The Morgan fingerprint density at radius 2 is 2.33 bits per heavy atom. The summed E-state index contributed by atoms with van der Waals surface area (Å²) in [7, 11) is 0. The van der Waals surface area contributed by atoms with E-state index in [-0.39, 0.29) is 6.04 Å². The molecule has 15 heavy (non-hydrogen) atoms. The fourth-order valence-corrected chi connectivity index (χ4v) is 1.95. The van der Waals surface area contributed by atoms with Crippen LogP contribution in [0.2, 0.25) is 0 Å². The molecule has 1 atom stereocenters. The summed E-state index contributed by atoms with van der Waals surface area (Å²) in [6.45, 7) is 1.83. The highest BCUT2D eigenvalue weighted by Gasteiger charge is 2.09. The first kappa shape index (κ1) is 10.3. The predicted molar refractivity (Wildman–Crippen MR) is 58.6 cm³/mol. The molecule has 0 amide bonds. The number of hydrogen-bond donors (Lipinski definition) is 1. The van der Waals surface area contributed by atoms with E-state index in [9.17, 15) is 0 Å². The maximum Gasteiger partial charge on any atom is 0.232 e. The van der Waals surface area contributed by atoms with Crippen LogP contribution in [-0.4, -0.2) is 10.2 Å². The van der Waals surface area contributed by atoms with Crippen LogP contribution in [0.15, 0.2) is 21.9 Å². The van der Waals surface area contributed by atoms with Gasteiger partial charge in [0.1, 0.15) is 0 Å². The second-order valence-electron chi connectivity index (χ2n) is 3.40. The lowest BCUT2D eigenvalue weighted by Gasteiger charge is -1.95. The summed E-state index contributed by atoms with van der Waals surface area (Å²) < 4.78 is 5.40. The summed E-state index contributed by atoms with van der Waals surface area (Å²) in [5.41, 5.74) is 5.62. The minimum Gasteiger partial charge on any atom is -0.424 e. The van der Waals surface area contributed by atoms with Gasteiger partial charge in [-0.25, -0.2) is 0 Å². The molecule has 80 valence electrons. The fourth-order valence-electron chi connectivity index (χ4n) is 1.24. The molecule has 0 spiro atoms. The second-order valence-corrected chi connectivity index (χ2v) is 4.43. The van der Waals surface area contributed by atoms with Crippen molar-refractivity contribution in [3.63, 3.8) is 0 Å². The van der Waals surface area contributed by atoms with E-state index in [2.05, 4.69) is 21.6 Å². The Labute approximate surface area is 92.1 Å². The summed E-state index contributed by atoms with van der Waals surface area (Å²) in [4.78, 5) is 1.33. The molecule has 2 rings (SSSR count). The van der Waals surface area contributed by atoms with Crippen molar-refractivity contribution in [2.75, 3.05) is 0 Å². The zero-order valence-corrected chi connectivity index (χ0v) is 9.33. The summed E-state index contributed by atoms with van der Waals surface area (Å²) in [6.07, 6.45) is 1.72. The predicted octanol–water partition coefficient (Wildman–Crippen LogP) is 1.94. The van der Waals surface area contributed by atoms with E-state index < -0.39 is 0 Å². The number of rotatable bonds is 4. The minimum atomic E-state index is -0.187. The van der Waals surface area contributed by atoms with Crippen molar-refractivity contribution in [3.8, 4) is 0 Å². The lowest BCUT2D eigenvalue weighted by Crippen LogP contribution is -2.04. The number of hydrogen-bond acceptors (Lipinski definition) is 5. The summed E-state index contributed by atoms with van der Waals surface area (Å²) in [5.74, 6) is 1.17. The van der Waals surface area contributed by atoms with Crippen LogP contribution >= 0.6 is 11.3 Å². The van der Waals surface area contributed by atoms with E-state index in [4.69, 9.17) is 10.2 Å². The van der Waals surface area contributed by atoms with Gasteiger partial charge in [0.25, 0.3) is 0 Å². The molecule has 0 radical (unpaired) electrons. The van der Waals surface area contributed by atoms with Gasteiger partial charge >= 0.3 is 0 Å². The highest BCUT2D eigenvalue weighted by atomic mass is 32.1. The lowest BCUT2D eigenvalue weighted by molar-refractivity contribution is 0.426. The SMILES string of the molecule is CC(N)c1nnc(CCc2cccs2)o1. The third-order valence-electron chi connectivity index (χ3n) is 2.04. The van der Waals surface area contributed by atoms with E-state index in [1.807, 2.05) is 13.0 Å². The molecule has 0 saturated heterocycles. The first-order valence-electron chi connectivity index (χ1n) is 4.86. The molecule has 5 heteroatoms. The van der Waals surface area contributed by atoms with E-state index >= 15 is 0 Å². The summed E-state index contributed by atoms with van der Waals surface area (Å²) in [5, 5.41) is 9.89. The van der Waals surface area contributed by atoms with Gasteiger partial charge in [-0.15, -0.1) is 21.5 Å². The molecule has 0 aromatic carbocycles. The Bertz CT molecular complexity index is 408. The molecule has 0 saturated carbocycles. The van der Waals surface area contributed by atoms with Gasteiger partial charge in [-0.05, 0) is 24.8 Å². The first-order chi connectivity index (χ1) is 7.25. The standard InChI is InChI=1S/C10H13N3OS/c1-7(11)10-13-12-9(14-10)5-4-8-3-2-6-15-8/h2-3,6-7H,4-5,11H2,1H3. The molecule has 2 aromatic heterocycles. The zero-order valence-electron chi connectivity index (χ0n) is 8.51. The molecular weight excluding hydrogens is 210 g/mol. The third kappa shape index (κ3) is 2.64. The van der Waals surface area contributed by atoms with E-state index in [1.54, 1.807) is 11.3 Å². The Hall–Kier alpha value is -1.20. The van der Waals surface area contributed by atoms with E-state index in [0.29, 0.717) is 11.8 Å². The van der Waals surface area contributed by atoms with Crippen LogP contribution < -0.4 is 5.73 Å². The molecule has 2 aromatic rings. The van der Waals surface area contributed by atoms with Crippen LogP contribution in [0.1, 0.15) is 29.6 Å². The van der Waals surface area contributed by atoms with Gasteiger partial charge in [0.05, 0.1) is 6.04 Å². The van der Waals surface area contributed by atoms with Crippen molar-refractivity contribution in [1.82, 2.24) is 10.2 Å². The number of nitrogens with two attached hydrogens (primary N) is 1. The van der Waals surface area contributed by atoms with Crippen molar-refractivity contribution in [2.24, 2.45) is 5.73 Å². The van der Waals surface area contributed by atoms with Crippen molar-refractivity contribution >= 4 is 11.3 Å². The van der Waals surface area contributed by atoms with Crippen molar-refractivity contribution in [2.45, 2.75) is 25.8 Å². The van der Waals surface area contributed by atoms with E-state index in [1.165, 1.54) is 4.88 Å². The van der Waals surface area contributed by atoms with Gasteiger partial charge in [0.15, 0.2) is 0 Å². The highest BCUT2D eigenvalue weighted by molar-refractivity contribution is 7.09. The van der Waals surface area contributed by atoms with Crippen molar-refractivity contribution in [1.29, 1.82) is 0 Å². The van der Waals surface area contributed by atoms with Crippen molar-refractivity contribution in [3.05, 3.63) is 34.2 Å². The van der Waals surface area contributed by atoms with Gasteiger partial charge in [-0.1, -0.05) is 6.07 Å². The average molecular weight is 223 g/mol. The minimum absolute atomic E-state index is 0.187. The largest absolute Gasteiger partial charge is 0.424 e.